The second-order valence-electron chi connectivity index (χ2n) is 4.32. The molecule has 0 spiro atoms. The Morgan fingerprint density at radius 3 is 2.78 bits per heavy atom. The van der Waals surface area contributed by atoms with Crippen LogP contribution in [0, 0.1) is 6.92 Å². The number of hydrogen-bond acceptors (Lipinski definition) is 4. The van der Waals surface area contributed by atoms with Gasteiger partial charge in [-0.1, -0.05) is 13.0 Å². The molecule has 100 valence electrons. The number of aliphatic hydroxyl groups is 1. The standard InChI is InChI=1S/C13H20N2O2S/c1-8-11(14)5-4-6-12(8)15-13(17)7-18-10(3)9(2)16/h4-6,9-10,16H,7,14H2,1-3H3,(H,15,17). The van der Waals surface area contributed by atoms with Gasteiger partial charge < -0.3 is 16.2 Å². The maximum Gasteiger partial charge on any atom is 0.234 e. The first-order chi connectivity index (χ1) is 8.41. The van der Waals surface area contributed by atoms with E-state index < -0.39 is 6.10 Å². The van der Waals surface area contributed by atoms with Crippen molar-refractivity contribution in [3.05, 3.63) is 23.8 Å². The van der Waals surface area contributed by atoms with Gasteiger partial charge in [-0.3, -0.25) is 4.79 Å². The van der Waals surface area contributed by atoms with Gasteiger partial charge >= 0.3 is 0 Å². The van der Waals surface area contributed by atoms with Crippen LogP contribution in [-0.2, 0) is 4.79 Å². The lowest BCUT2D eigenvalue weighted by atomic mass is 10.1. The van der Waals surface area contributed by atoms with E-state index in [-0.39, 0.29) is 11.2 Å². The molecule has 0 heterocycles. The molecule has 0 bridgehead atoms. The summed E-state index contributed by atoms with van der Waals surface area (Å²) in [5.74, 6) is 0.238. The molecular weight excluding hydrogens is 248 g/mol. The summed E-state index contributed by atoms with van der Waals surface area (Å²) < 4.78 is 0. The van der Waals surface area contributed by atoms with E-state index in [2.05, 4.69) is 5.32 Å². The van der Waals surface area contributed by atoms with Crippen LogP contribution in [0.3, 0.4) is 0 Å². The highest BCUT2D eigenvalue weighted by Crippen LogP contribution is 2.21. The summed E-state index contributed by atoms with van der Waals surface area (Å²) in [5, 5.41) is 12.2. The normalized spacial score (nSPS) is 14.0. The minimum Gasteiger partial charge on any atom is -0.398 e. The topological polar surface area (TPSA) is 75.3 Å². The Hall–Kier alpha value is -1.20. The molecule has 2 atom stereocenters. The fourth-order valence-electron chi connectivity index (χ4n) is 1.32. The summed E-state index contributed by atoms with van der Waals surface area (Å²) in [6.07, 6.45) is -0.420. The predicted molar refractivity (Wildman–Crippen MR) is 77.8 cm³/mol. The third-order valence-electron chi connectivity index (χ3n) is 2.81. The maximum absolute atomic E-state index is 11.7. The van der Waals surface area contributed by atoms with E-state index >= 15 is 0 Å². The first-order valence-corrected chi connectivity index (χ1v) is 6.91. The second kappa shape index (κ2) is 6.66. The number of nitrogen functional groups attached to an aromatic ring is 1. The molecule has 0 saturated heterocycles. The number of anilines is 2. The lowest BCUT2D eigenvalue weighted by Gasteiger charge is -2.14. The number of carbonyl (C=O) groups is 1. The van der Waals surface area contributed by atoms with Gasteiger partial charge in [0.25, 0.3) is 0 Å². The molecule has 1 amide bonds. The summed E-state index contributed by atoms with van der Waals surface area (Å²) in [6, 6.07) is 5.44. The molecule has 4 N–H and O–H groups in total. The van der Waals surface area contributed by atoms with Gasteiger partial charge in [0, 0.05) is 16.6 Å². The highest BCUT2D eigenvalue weighted by atomic mass is 32.2. The van der Waals surface area contributed by atoms with Gasteiger partial charge in [-0.25, -0.2) is 0 Å². The summed E-state index contributed by atoms with van der Waals surface area (Å²) in [6.45, 7) is 5.49. The number of nitrogens with two attached hydrogens (primary N) is 1. The van der Waals surface area contributed by atoms with E-state index in [0.29, 0.717) is 11.4 Å². The van der Waals surface area contributed by atoms with Crippen LogP contribution in [0.25, 0.3) is 0 Å². The third kappa shape index (κ3) is 4.23. The number of hydrogen-bond donors (Lipinski definition) is 3. The Kier molecular flexibility index (Phi) is 5.50. The van der Waals surface area contributed by atoms with Crippen LogP contribution in [-0.4, -0.2) is 28.1 Å². The van der Waals surface area contributed by atoms with E-state index in [1.165, 1.54) is 11.8 Å². The third-order valence-corrected chi connectivity index (χ3v) is 4.15. The van der Waals surface area contributed by atoms with Crippen molar-refractivity contribution in [2.24, 2.45) is 0 Å². The SMILES string of the molecule is Cc1c(N)cccc1NC(=O)CSC(C)C(C)O. The fourth-order valence-corrected chi connectivity index (χ4v) is 2.09. The Morgan fingerprint density at radius 2 is 2.17 bits per heavy atom. The van der Waals surface area contributed by atoms with Crippen molar-refractivity contribution in [3.8, 4) is 0 Å². The number of benzene rings is 1. The van der Waals surface area contributed by atoms with Crippen LogP contribution in [0.15, 0.2) is 18.2 Å². The largest absolute Gasteiger partial charge is 0.398 e. The minimum absolute atomic E-state index is 0.0395. The van der Waals surface area contributed by atoms with Crippen LogP contribution in [0.5, 0.6) is 0 Å². The Labute approximate surface area is 112 Å². The number of amides is 1. The van der Waals surface area contributed by atoms with Gasteiger partial charge in [-0.15, -0.1) is 11.8 Å². The maximum atomic E-state index is 11.7. The number of aliphatic hydroxyl groups excluding tert-OH is 1. The van der Waals surface area contributed by atoms with Crippen LogP contribution in [0.1, 0.15) is 19.4 Å². The van der Waals surface area contributed by atoms with Gasteiger partial charge in [0.1, 0.15) is 0 Å². The molecule has 1 rings (SSSR count). The van der Waals surface area contributed by atoms with Gasteiger partial charge in [0.15, 0.2) is 0 Å². The van der Waals surface area contributed by atoms with E-state index in [9.17, 15) is 9.90 Å². The molecule has 4 nitrogen and oxygen atoms in total. The monoisotopic (exact) mass is 268 g/mol. The average Bonchev–Trinajstić information content (AvgIpc) is 2.32. The molecule has 1 aromatic rings. The molecule has 18 heavy (non-hydrogen) atoms. The Bertz CT molecular complexity index is 421. The molecule has 5 heteroatoms. The van der Waals surface area contributed by atoms with Crippen molar-refractivity contribution in [1.82, 2.24) is 0 Å². The first kappa shape index (κ1) is 14.9. The molecule has 0 radical (unpaired) electrons. The molecule has 0 aromatic heterocycles. The molecule has 2 unspecified atom stereocenters. The molecule has 0 fully saturated rings. The molecular formula is C13H20N2O2S. The molecule has 0 aliphatic heterocycles. The van der Waals surface area contributed by atoms with E-state index in [1.807, 2.05) is 26.0 Å². The summed E-state index contributed by atoms with van der Waals surface area (Å²) >= 11 is 1.43. The zero-order chi connectivity index (χ0) is 13.7. The smallest absolute Gasteiger partial charge is 0.234 e. The molecule has 0 aliphatic carbocycles. The number of carbonyl (C=O) groups excluding carboxylic acids is 1. The van der Waals surface area contributed by atoms with Crippen molar-refractivity contribution in [2.45, 2.75) is 32.1 Å². The molecule has 0 aliphatic rings. The van der Waals surface area contributed by atoms with Crippen molar-refractivity contribution in [3.63, 3.8) is 0 Å². The first-order valence-electron chi connectivity index (χ1n) is 5.86. The van der Waals surface area contributed by atoms with Crippen LogP contribution in [0.2, 0.25) is 0 Å². The van der Waals surface area contributed by atoms with Gasteiger partial charge in [0.2, 0.25) is 5.91 Å². The Balaban J connectivity index is 2.52. The second-order valence-corrected chi connectivity index (χ2v) is 5.69. The number of thioether (sulfide) groups is 1. The molecule has 1 aromatic carbocycles. The van der Waals surface area contributed by atoms with Crippen LogP contribution >= 0.6 is 11.8 Å². The quantitative estimate of drug-likeness (QED) is 0.714. The zero-order valence-electron chi connectivity index (χ0n) is 10.9. The summed E-state index contributed by atoms with van der Waals surface area (Å²) in [5.41, 5.74) is 8.05. The average molecular weight is 268 g/mol. The van der Waals surface area contributed by atoms with Crippen molar-refractivity contribution in [2.75, 3.05) is 16.8 Å². The fraction of sp³-hybridized carbons (Fsp3) is 0.462. The van der Waals surface area contributed by atoms with E-state index in [0.717, 1.165) is 11.3 Å². The summed E-state index contributed by atoms with van der Waals surface area (Å²) in [7, 11) is 0. The predicted octanol–water partition coefficient (Wildman–Crippen LogP) is 2.02. The Morgan fingerprint density at radius 1 is 1.50 bits per heavy atom. The van der Waals surface area contributed by atoms with Crippen LogP contribution in [0.4, 0.5) is 11.4 Å². The lowest BCUT2D eigenvalue weighted by molar-refractivity contribution is -0.113. The van der Waals surface area contributed by atoms with Crippen LogP contribution < -0.4 is 11.1 Å². The molecule has 0 saturated carbocycles. The minimum atomic E-state index is -0.420. The number of nitrogens with one attached hydrogen (secondary N) is 1. The van der Waals surface area contributed by atoms with Gasteiger partial charge in [-0.2, -0.15) is 0 Å². The van der Waals surface area contributed by atoms with Crippen molar-refractivity contribution < 1.29 is 9.90 Å². The van der Waals surface area contributed by atoms with Crippen molar-refractivity contribution in [1.29, 1.82) is 0 Å². The van der Waals surface area contributed by atoms with Crippen molar-refractivity contribution >= 4 is 29.0 Å². The summed E-state index contributed by atoms with van der Waals surface area (Å²) in [4.78, 5) is 11.7. The highest BCUT2D eigenvalue weighted by molar-refractivity contribution is 8.00. The van der Waals surface area contributed by atoms with E-state index in [4.69, 9.17) is 5.73 Å². The highest BCUT2D eigenvalue weighted by Gasteiger charge is 2.12. The van der Waals surface area contributed by atoms with Gasteiger partial charge in [0.05, 0.1) is 11.9 Å². The van der Waals surface area contributed by atoms with Gasteiger partial charge in [-0.05, 0) is 31.5 Å². The number of rotatable bonds is 5. The lowest BCUT2D eigenvalue weighted by Crippen LogP contribution is -2.21. The zero-order valence-corrected chi connectivity index (χ0v) is 11.8. The van der Waals surface area contributed by atoms with E-state index in [1.54, 1.807) is 13.0 Å².